The molecule has 0 amide bonds. The highest BCUT2D eigenvalue weighted by molar-refractivity contribution is 5.81. The van der Waals surface area contributed by atoms with Gasteiger partial charge in [0, 0.05) is 25.4 Å². The zero-order valence-corrected chi connectivity index (χ0v) is 9.69. The predicted octanol–water partition coefficient (Wildman–Crippen LogP) is 0.882. The number of nitrogens with one attached hydrogen (secondary N) is 1. The first-order valence-corrected chi connectivity index (χ1v) is 5.85. The van der Waals surface area contributed by atoms with Gasteiger partial charge in [-0.3, -0.25) is 4.79 Å². The van der Waals surface area contributed by atoms with Gasteiger partial charge in [0.1, 0.15) is 11.5 Å². The van der Waals surface area contributed by atoms with Crippen molar-refractivity contribution >= 4 is 5.78 Å². The lowest BCUT2D eigenvalue weighted by molar-refractivity contribution is -0.119. The van der Waals surface area contributed by atoms with E-state index in [9.17, 15) is 4.79 Å². The molecule has 92 valence electrons. The van der Waals surface area contributed by atoms with Crippen molar-refractivity contribution in [2.24, 2.45) is 0 Å². The SMILES string of the molecule is O=C(Cc1ccc(O)cc1)CC1COCCN1. The Hall–Kier alpha value is -1.39. The number of morpholine rings is 1. The molecule has 0 radical (unpaired) electrons. The van der Waals surface area contributed by atoms with E-state index in [1.807, 2.05) is 0 Å². The molecule has 1 aromatic carbocycles. The van der Waals surface area contributed by atoms with Crippen LogP contribution in [0.1, 0.15) is 12.0 Å². The molecular formula is C13H17NO3. The molecule has 0 aromatic heterocycles. The molecule has 1 fully saturated rings. The normalized spacial score (nSPS) is 20.1. The Morgan fingerprint density at radius 2 is 2.18 bits per heavy atom. The molecule has 1 heterocycles. The number of phenols is 1. The molecule has 1 saturated heterocycles. The van der Waals surface area contributed by atoms with Crippen LogP contribution in [0.5, 0.6) is 5.75 Å². The van der Waals surface area contributed by atoms with E-state index < -0.39 is 0 Å². The van der Waals surface area contributed by atoms with Gasteiger partial charge < -0.3 is 15.2 Å². The first kappa shape index (κ1) is 12.1. The summed E-state index contributed by atoms with van der Waals surface area (Å²) < 4.78 is 5.30. The van der Waals surface area contributed by atoms with Crippen molar-refractivity contribution in [1.29, 1.82) is 0 Å². The molecule has 2 N–H and O–H groups in total. The smallest absolute Gasteiger partial charge is 0.138 e. The summed E-state index contributed by atoms with van der Waals surface area (Å²) in [5, 5.41) is 12.4. The highest BCUT2D eigenvalue weighted by Crippen LogP contribution is 2.11. The minimum Gasteiger partial charge on any atom is -0.508 e. The molecule has 4 nitrogen and oxygen atoms in total. The molecule has 0 spiro atoms. The van der Waals surface area contributed by atoms with E-state index in [0.717, 1.165) is 18.7 Å². The first-order valence-electron chi connectivity index (χ1n) is 5.85. The lowest BCUT2D eigenvalue weighted by Crippen LogP contribution is -2.42. The summed E-state index contributed by atoms with van der Waals surface area (Å²) in [4.78, 5) is 11.8. The van der Waals surface area contributed by atoms with Crippen molar-refractivity contribution in [3.8, 4) is 5.75 Å². The van der Waals surface area contributed by atoms with Crippen LogP contribution in [-0.4, -0.2) is 36.7 Å². The van der Waals surface area contributed by atoms with Crippen LogP contribution in [0, 0.1) is 0 Å². The van der Waals surface area contributed by atoms with Crippen LogP contribution in [0.15, 0.2) is 24.3 Å². The molecule has 0 saturated carbocycles. The molecule has 0 aliphatic carbocycles. The minimum absolute atomic E-state index is 0.147. The van der Waals surface area contributed by atoms with Gasteiger partial charge in [-0.25, -0.2) is 0 Å². The summed E-state index contributed by atoms with van der Waals surface area (Å²) in [7, 11) is 0. The van der Waals surface area contributed by atoms with Gasteiger partial charge in [-0.05, 0) is 17.7 Å². The molecule has 1 aliphatic heterocycles. The Balaban J connectivity index is 1.82. The maximum Gasteiger partial charge on any atom is 0.138 e. The van der Waals surface area contributed by atoms with Crippen LogP contribution < -0.4 is 5.32 Å². The number of Topliss-reactive ketones (excluding diaryl/α,β-unsaturated/α-hetero) is 1. The second-order valence-corrected chi connectivity index (χ2v) is 4.31. The van der Waals surface area contributed by atoms with Crippen molar-refractivity contribution in [3.63, 3.8) is 0 Å². The lowest BCUT2D eigenvalue weighted by Gasteiger charge is -2.23. The summed E-state index contributed by atoms with van der Waals surface area (Å²) >= 11 is 0. The maximum absolute atomic E-state index is 11.8. The molecule has 0 bridgehead atoms. The van der Waals surface area contributed by atoms with Gasteiger partial charge in [0.15, 0.2) is 0 Å². The number of aromatic hydroxyl groups is 1. The van der Waals surface area contributed by atoms with Gasteiger partial charge in [-0.1, -0.05) is 12.1 Å². The summed E-state index contributed by atoms with van der Waals surface area (Å²) in [5.41, 5.74) is 0.935. The Bertz CT molecular complexity index is 369. The summed E-state index contributed by atoms with van der Waals surface area (Å²) in [6.07, 6.45) is 0.916. The largest absolute Gasteiger partial charge is 0.508 e. The lowest BCUT2D eigenvalue weighted by atomic mass is 10.0. The second kappa shape index (κ2) is 5.80. The van der Waals surface area contributed by atoms with E-state index >= 15 is 0 Å². The number of ether oxygens (including phenoxy) is 1. The standard InChI is InChI=1S/C13H17NO3/c15-12-3-1-10(2-4-12)7-13(16)8-11-9-17-6-5-14-11/h1-4,11,14-15H,5-9H2. The molecule has 4 heteroatoms. The number of ketones is 1. The van der Waals surface area contributed by atoms with Gasteiger partial charge in [0.25, 0.3) is 0 Å². The average molecular weight is 235 g/mol. The van der Waals surface area contributed by atoms with Crippen LogP contribution in [0.25, 0.3) is 0 Å². The van der Waals surface area contributed by atoms with Crippen LogP contribution in [0.3, 0.4) is 0 Å². The number of phenolic OH excluding ortho intramolecular Hbond substituents is 1. The van der Waals surface area contributed by atoms with Gasteiger partial charge in [0.05, 0.1) is 13.2 Å². The fourth-order valence-electron chi connectivity index (χ4n) is 1.94. The molecule has 1 unspecified atom stereocenters. The summed E-state index contributed by atoms with van der Waals surface area (Å²) in [6.45, 7) is 2.15. The van der Waals surface area contributed by atoms with Crippen LogP contribution in [-0.2, 0) is 16.0 Å². The molecule has 1 atom stereocenters. The van der Waals surface area contributed by atoms with Crippen LogP contribution in [0.2, 0.25) is 0 Å². The summed E-state index contributed by atoms with van der Waals surface area (Å²) in [5.74, 6) is 0.419. The van der Waals surface area contributed by atoms with Crippen molar-refractivity contribution < 1.29 is 14.6 Å². The maximum atomic E-state index is 11.8. The first-order chi connectivity index (χ1) is 8.24. The Kier molecular flexibility index (Phi) is 4.12. The van der Waals surface area contributed by atoms with Crippen LogP contribution >= 0.6 is 0 Å². The Labute approximate surface area is 101 Å². The highest BCUT2D eigenvalue weighted by atomic mass is 16.5. The number of rotatable bonds is 4. The van der Waals surface area contributed by atoms with Gasteiger partial charge in [0.2, 0.25) is 0 Å². The second-order valence-electron chi connectivity index (χ2n) is 4.31. The van der Waals surface area contributed by atoms with Gasteiger partial charge in [-0.2, -0.15) is 0 Å². The number of carbonyl (C=O) groups excluding carboxylic acids is 1. The van der Waals surface area contributed by atoms with Crippen molar-refractivity contribution in [2.75, 3.05) is 19.8 Å². The summed E-state index contributed by atoms with van der Waals surface area (Å²) in [6, 6.07) is 6.90. The monoisotopic (exact) mass is 235 g/mol. The van der Waals surface area contributed by atoms with Crippen molar-refractivity contribution in [3.05, 3.63) is 29.8 Å². The molecule has 1 aromatic rings. The molecular weight excluding hydrogens is 218 g/mol. The van der Waals surface area contributed by atoms with Crippen molar-refractivity contribution in [1.82, 2.24) is 5.32 Å². The number of carbonyl (C=O) groups is 1. The fraction of sp³-hybridized carbons (Fsp3) is 0.462. The molecule has 2 rings (SSSR count). The third-order valence-electron chi connectivity index (χ3n) is 2.81. The number of hydrogen-bond donors (Lipinski definition) is 2. The van der Waals surface area contributed by atoms with E-state index in [1.54, 1.807) is 24.3 Å². The van der Waals surface area contributed by atoms with E-state index in [4.69, 9.17) is 9.84 Å². The topological polar surface area (TPSA) is 58.6 Å². The minimum atomic E-state index is 0.147. The van der Waals surface area contributed by atoms with Gasteiger partial charge in [-0.15, -0.1) is 0 Å². The molecule has 1 aliphatic rings. The average Bonchev–Trinajstić information content (AvgIpc) is 2.33. The van der Waals surface area contributed by atoms with Crippen LogP contribution in [0.4, 0.5) is 0 Å². The third-order valence-corrected chi connectivity index (χ3v) is 2.81. The van der Waals surface area contributed by atoms with Crippen molar-refractivity contribution in [2.45, 2.75) is 18.9 Å². The van der Waals surface area contributed by atoms with Gasteiger partial charge >= 0.3 is 0 Å². The van der Waals surface area contributed by atoms with E-state index in [-0.39, 0.29) is 17.6 Å². The molecule has 17 heavy (non-hydrogen) atoms. The van der Waals surface area contributed by atoms with E-state index in [0.29, 0.717) is 19.4 Å². The van der Waals surface area contributed by atoms with E-state index in [1.165, 1.54) is 0 Å². The van der Waals surface area contributed by atoms with E-state index in [2.05, 4.69) is 5.32 Å². The third kappa shape index (κ3) is 3.84. The number of hydrogen-bond acceptors (Lipinski definition) is 4. The zero-order chi connectivity index (χ0) is 12.1. The zero-order valence-electron chi connectivity index (χ0n) is 9.69. The predicted molar refractivity (Wildman–Crippen MR) is 64.0 cm³/mol. The quantitative estimate of drug-likeness (QED) is 0.813. The Morgan fingerprint density at radius 3 is 2.82 bits per heavy atom. The number of benzene rings is 1. The Morgan fingerprint density at radius 1 is 1.41 bits per heavy atom. The fourth-order valence-corrected chi connectivity index (χ4v) is 1.94. The highest BCUT2D eigenvalue weighted by Gasteiger charge is 2.16.